The highest BCUT2D eigenvalue weighted by Crippen LogP contribution is 2.53. The van der Waals surface area contributed by atoms with E-state index >= 15 is 0 Å². The molecule has 61 heavy (non-hydrogen) atoms. The second-order valence-corrected chi connectivity index (χ2v) is 16.6. The number of benzene rings is 10. The van der Waals surface area contributed by atoms with Crippen molar-refractivity contribution >= 4 is 55.7 Å². The Kier molecular flexibility index (Phi) is 8.86. The largest absolute Gasteiger partial charge is 0.310 e. The van der Waals surface area contributed by atoms with E-state index < -0.39 is 0 Å². The first kappa shape index (κ1) is 36.4. The third-order valence-corrected chi connectivity index (χ3v) is 12.6. The van der Waals surface area contributed by atoms with Crippen molar-refractivity contribution in [2.45, 2.75) is 19.3 Å². The minimum atomic E-state index is -0.259. The van der Waals surface area contributed by atoms with Crippen LogP contribution in [0.25, 0.3) is 54.9 Å². The third-order valence-electron chi connectivity index (χ3n) is 12.6. The van der Waals surface area contributed by atoms with Gasteiger partial charge in [-0.25, -0.2) is 0 Å². The number of rotatable bonds is 8. The average Bonchev–Trinajstić information content (AvgIpc) is 3.55. The molecule has 0 fully saturated rings. The fourth-order valence-electron chi connectivity index (χ4n) is 9.45. The summed E-state index contributed by atoms with van der Waals surface area (Å²) in [4.78, 5) is 4.84. The first-order chi connectivity index (χ1) is 30.0. The fraction of sp³-hybridized carbons (Fsp3) is 0.0508. The van der Waals surface area contributed by atoms with Crippen molar-refractivity contribution in [3.8, 4) is 33.4 Å². The van der Waals surface area contributed by atoms with Crippen molar-refractivity contribution in [2.24, 2.45) is 0 Å². The van der Waals surface area contributed by atoms with E-state index in [1.54, 1.807) is 0 Å². The Balaban J connectivity index is 1.02. The molecule has 0 bridgehead atoms. The van der Waals surface area contributed by atoms with E-state index in [1.807, 2.05) is 0 Å². The zero-order valence-corrected chi connectivity index (χ0v) is 34.3. The molecule has 0 N–H and O–H groups in total. The summed E-state index contributed by atoms with van der Waals surface area (Å²) < 4.78 is 0. The predicted molar refractivity (Wildman–Crippen MR) is 259 cm³/mol. The van der Waals surface area contributed by atoms with Gasteiger partial charge in [-0.2, -0.15) is 0 Å². The highest BCUT2D eigenvalue weighted by atomic mass is 15.1. The van der Waals surface area contributed by atoms with Crippen LogP contribution in [0.4, 0.5) is 34.1 Å². The van der Waals surface area contributed by atoms with E-state index in [9.17, 15) is 0 Å². The van der Waals surface area contributed by atoms with E-state index in [2.05, 4.69) is 254 Å². The molecule has 0 atom stereocenters. The monoisotopic (exact) mass is 780 g/mol. The normalized spacial score (nSPS) is 12.6. The summed E-state index contributed by atoms with van der Waals surface area (Å²) in [6.07, 6.45) is 0. The summed E-state index contributed by atoms with van der Waals surface area (Å²) >= 11 is 0. The summed E-state index contributed by atoms with van der Waals surface area (Å²) in [7, 11) is 0. The lowest BCUT2D eigenvalue weighted by atomic mass is 9.82. The maximum absolute atomic E-state index is 2.44. The minimum Gasteiger partial charge on any atom is -0.310 e. The van der Waals surface area contributed by atoms with Gasteiger partial charge < -0.3 is 9.80 Å². The van der Waals surface area contributed by atoms with Crippen LogP contribution >= 0.6 is 0 Å². The van der Waals surface area contributed by atoms with E-state index in [4.69, 9.17) is 0 Å². The molecular formula is C59H44N2. The topological polar surface area (TPSA) is 6.48 Å². The van der Waals surface area contributed by atoms with Gasteiger partial charge in [0.25, 0.3) is 0 Å². The smallest absolute Gasteiger partial charge is 0.0540 e. The van der Waals surface area contributed by atoms with Crippen LogP contribution in [0.1, 0.15) is 25.0 Å². The highest BCUT2D eigenvalue weighted by molar-refractivity contribution is 6.01. The molecule has 0 saturated carbocycles. The van der Waals surface area contributed by atoms with E-state index in [-0.39, 0.29) is 5.41 Å². The Morgan fingerprint density at radius 2 is 0.721 bits per heavy atom. The predicted octanol–water partition coefficient (Wildman–Crippen LogP) is 16.6. The summed E-state index contributed by atoms with van der Waals surface area (Å²) in [5.41, 5.74) is 16.6. The van der Waals surface area contributed by atoms with Gasteiger partial charge in [-0.3, -0.25) is 0 Å². The van der Waals surface area contributed by atoms with E-state index in [0.717, 1.165) is 34.1 Å². The molecule has 0 aromatic heterocycles. The molecule has 1 aliphatic carbocycles. The van der Waals surface area contributed by atoms with Crippen LogP contribution in [0.3, 0.4) is 0 Å². The number of fused-ring (bicyclic) bond motifs is 5. The van der Waals surface area contributed by atoms with E-state index in [1.165, 1.54) is 66.1 Å². The number of anilines is 6. The molecule has 1 aliphatic rings. The number of hydrogen-bond acceptors (Lipinski definition) is 2. The lowest BCUT2D eigenvalue weighted by Gasteiger charge is -2.30. The van der Waals surface area contributed by atoms with Crippen LogP contribution in [0.5, 0.6) is 0 Å². The molecule has 10 aromatic rings. The molecule has 2 heteroatoms. The van der Waals surface area contributed by atoms with Gasteiger partial charge in [-0.15, -0.1) is 0 Å². The van der Waals surface area contributed by atoms with Gasteiger partial charge in [0.1, 0.15) is 0 Å². The summed E-state index contributed by atoms with van der Waals surface area (Å²) in [5.74, 6) is 0. The average molecular weight is 781 g/mol. The molecule has 11 rings (SSSR count). The van der Waals surface area contributed by atoms with E-state index in [0.29, 0.717) is 0 Å². The van der Waals surface area contributed by atoms with Crippen molar-refractivity contribution in [1.29, 1.82) is 0 Å². The number of hydrogen-bond donors (Lipinski definition) is 0. The molecular weight excluding hydrogens is 737 g/mol. The van der Waals surface area contributed by atoms with Gasteiger partial charge >= 0.3 is 0 Å². The Bertz CT molecular complexity index is 3110. The van der Waals surface area contributed by atoms with Crippen LogP contribution in [0.2, 0.25) is 0 Å². The molecule has 2 nitrogen and oxygen atoms in total. The van der Waals surface area contributed by atoms with Crippen molar-refractivity contribution in [3.05, 3.63) is 242 Å². The maximum Gasteiger partial charge on any atom is 0.0540 e. The maximum atomic E-state index is 2.44. The SMILES string of the molecule is CC1(C)c2cc(N(c3ccc(-c4ccccc4)cc3)c3ccc(-c4ccccc4)cc3)ccc2-c2ccc(N(c3ccc4ccccc4c3)c3cccc4ccccc34)cc21. The molecule has 0 radical (unpaired) electrons. The van der Waals surface area contributed by atoms with Gasteiger partial charge in [0.05, 0.1) is 5.69 Å². The molecule has 0 saturated heterocycles. The van der Waals surface area contributed by atoms with Crippen molar-refractivity contribution in [3.63, 3.8) is 0 Å². The van der Waals surface area contributed by atoms with Crippen LogP contribution in [-0.2, 0) is 5.41 Å². The van der Waals surface area contributed by atoms with Crippen molar-refractivity contribution < 1.29 is 0 Å². The third kappa shape index (κ3) is 6.45. The van der Waals surface area contributed by atoms with Gasteiger partial charge in [0.15, 0.2) is 0 Å². The molecule has 290 valence electrons. The second kappa shape index (κ2) is 14.9. The lowest BCUT2D eigenvalue weighted by molar-refractivity contribution is 0.660. The molecule has 0 unspecified atom stereocenters. The summed E-state index contributed by atoms with van der Waals surface area (Å²) in [5, 5.41) is 4.90. The number of nitrogens with zero attached hydrogens (tertiary/aromatic N) is 2. The van der Waals surface area contributed by atoms with Crippen molar-refractivity contribution in [2.75, 3.05) is 9.80 Å². The van der Waals surface area contributed by atoms with Crippen LogP contribution in [-0.4, -0.2) is 0 Å². The quantitative estimate of drug-likeness (QED) is 0.152. The molecule has 0 spiro atoms. The van der Waals surface area contributed by atoms with Crippen LogP contribution in [0.15, 0.2) is 231 Å². The van der Waals surface area contributed by atoms with Crippen LogP contribution in [0, 0.1) is 0 Å². The Hall–Kier alpha value is -7.68. The summed E-state index contributed by atoms with van der Waals surface area (Å²) in [6.45, 7) is 4.77. The zero-order valence-electron chi connectivity index (χ0n) is 34.3. The standard InChI is InChI=1S/C59H44N2/c1-59(2)56-39-51(60(48-29-24-44(25-30-48)41-14-5-3-6-15-41)49-31-26-45(27-32-49)42-16-7-4-8-17-42)34-36-54(56)55-37-35-52(40-57(55)59)61(50-33-28-43-18-9-10-20-47(43)38-50)58-23-13-21-46-19-11-12-22-53(46)58/h3-40H,1-2H3. The Labute approximate surface area is 358 Å². The van der Waals surface area contributed by atoms with Gasteiger partial charge in [-0.1, -0.05) is 178 Å². The van der Waals surface area contributed by atoms with Gasteiger partial charge in [-0.05, 0) is 127 Å². The first-order valence-electron chi connectivity index (χ1n) is 21.2. The minimum absolute atomic E-state index is 0.259. The molecule has 10 aromatic carbocycles. The molecule has 0 amide bonds. The van der Waals surface area contributed by atoms with Gasteiger partial charge in [0.2, 0.25) is 0 Å². The molecule has 0 heterocycles. The molecule has 0 aliphatic heterocycles. The Morgan fingerprint density at radius 3 is 1.31 bits per heavy atom. The summed E-state index contributed by atoms with van der Waals surface area (Å²) in [6, 6.07) is 84.1. The second-order valence-electron chi connectivity index (χ2n) is 16.6. The van der Waals surface area contributed by atoms with Crippen LogP contribution < -0.4 is 9.80 Å². The van der Waals surface area contributed by atoms with Gasteiger partial charge in [0, 0.05) is 39.2 Å². The first-order valence-corrected chi connectivity index (χ1v) is 21.2. The lowest BCUT2D eigenvalue weighted by Crippen LogP contribution is -2.17. The Morgan fingerprint density at radius 1 is 0.295 bits per heavy atom. The highest BCUT2D eigenvalue weighted by Gasteiger charge is 2.37. The zero-order chi connectivity index (χ0) is 40.9. The fourth-order valence-corrected chi connectivity index (χ4v) is 9.45. The van der Waals surface area contributed by atoms with Crippen molar-refractivity contribution in [1.82, 2.24) is 0 Å².